The predicted molar refractivity (Wildman–Crippen MR) is 108 cm³/mol. The lowest BCUT2D eigenvalue weighted by molar-refractivity contribution is 1.17. The number of rotatable bonds is 3. The van der Waals surface area contributed by atoms with Gasteiger partial charge in [0.2, 0.25) is 0 Å². The van der Waals surface area contributed by atoms with E-state index in [0.717, 1.165) is 33.0 Å². The minimum atomic E-state index is -0.0887. The monoisotopic (exact) mass is 344 g/mol. The first kappa shape index (κ1) is 15.6. The fraction of sp³-hybridized carbons (Fsp3) is 0.100. The first-order chi connectivity index (χ1) is 12.2. The summed E-state index contributed by atoms with van der Waals surface area (Å²) in [5, 5.41) is 7.48. The van der Waals surface area contributed by atoms with Crippen molar-refractivity contribution < 1.29 is 0 Å². The summed E-state index contributed by atoms with van der Waals surface area (Å²) in [4.78, 5) is 9.84. The Bertz CT molecular complexity index is 990. The fourth-order valence-corrected chi connectivity index (χ4v) is 3.23. The average molecular weight is 344 g/mol. The fourth-order valence-electron chi connectivity index (χ4n) is 2.85. The minimum Gasteiger partial charge on any atom is -0.258 e. The van der Waals surface area contributed by atoms with Crippen molar-refractivity contribution in [2.24, 2.45) is 16.0 Å². The molecule has 0 radical (unpaired) electrons. The number of thiocarbonyl (C=S) groups is 1. The van der Waals surface area contributed by atoms with Crippen molar-refractivity contribution in [1.29, 1.82) is 0 Å². The first-order valence-electron chi connectivity index (χ1n) is 8.06. The second-order valence-electron chi connectivity index (χ2n) is 5.84. The molecule has 122 valence electrons. The Morgan fingerprint density at radius 2 is 1.84 bits per heavy atom. The molecule has 4 nitrogen and oxygen atoms in total. The standard InChI is InChI=1S/C20H16N4S/c1-14-17(20(25)24(23-14)16-9-3-2-4-10-16)13-22-18-11-5-7-15-8-6-12-21-19(15)18/h2-13,17H,1H3. The topological polar surface area (TPSA) is 40.9 Å². The van der Waals surface area contributed by atoms with Gasteiger partial charge >= 0.3 is 0 Å². The van der Waals surface area contributed by atoms with Gasteiger partial charge < -0.3 is 0 Å². The number of nitrogens with zero attached hydrogens (tertiary/aromatic N) is 4. The van der Waals surface area contributed by atoms with E-state index in [9.17, 15) is 0 Å². The van der Waals surface area contributed by atoms with E-state index in [0.29, 0.717) is 0 Å². The summed E-state index contributed by atoms with van der Waals surface area (Å²) < 4.78 is 0. The summed E-state index contributed by atoms with van der Waals surface area (Å²) in [7, 11) is 0. The molecule has 0 fully saturated rings. The van der Waals surface area contributed by atoms with Crippen LogP contribution < -0.4 is 5.01 Å². The van der Waals surface area contributed by atoms with Gasteiger partial charge in [-0.25, -0.2) is 5.01 Å². The summed E-state index contributed by atoms with van der Waals surface area (Å²) in [6.45, 7) is 1.98. The molecule has 0 amide bonds. The average Bonchev–Trinajstić information content (AvgIpc) is 2.94. The molecule has 3 aromatic rings. The number of hydrogen-bond acceptors (Lipinski definition) is 4. The third kappa shape index (κ3) is 2.94. The van der Waals surface area contributed by atoms with Gasteiger partial charge in [0.15, 0.2) is 0 Å². The molecule has 0 bridgehead atoms. The third-order valence-electron chi connectivity index (χ3n) is 4.16. The lowest BCUT2D eigenvalue weighted by Gasteiger charge is -2.15. The SMILES string of the molecule is CC1=NN(c2ccccc2)C(=S)C1C=Nc1cccc2cccnc12. The Labute approximate surface area is 151 Å². The molecule has 0 spiro atoms. The number of fused-ring (bicyclic) bond motifs is 1. The van der Waals surface area contributed by atoms with Crippen molar-refractivity contribution in [3.05, 3.63) is 66.9 Å². The molecule has 5 heteroatoms. The summed E-state index contributed by atoms with van der Waals surface area (Å²) >= 11 is 5.64. The molecular formula is C20H16N4S. The van der Waals surface area contributed by atoms with Crippen LogP contribution in [0.15, 0.2) is 77.0 Å². The number of aliphatic imine (C=N–C) groups is 1. The van der Waals surface area contributed by atoms with E-state index in [4.69, 9.17) is 12.2 Å². The van der Waals surface area contributed by atoms with E-state index in [1.165, 1.54) is 0 Å². The van der Waals surface area contributed by atoms with Gasteiger partial charge in [0.25, 0.3) is 0 Å². The summed E-state index contributed by atoms with van der Waals surface area (Å²) in [5.41, 5.74) is 3.63. The highest BCUT2D eigenvalue weighted by Gasteiger charge is 2.29. The van der Waals surface area contributed by atoms with Crippen LogP contribution in [0.25, 0.3) is 10.9 Å². The lowest BCUT2D eigenvalue weighted by atomic mass is 10.1. The van der Waals surface area contributed by atoms with Gasteiger partial charge in [0, 0.05) is 17.8 Å². The molecule has 1 aromatic heterocycles. The van der Waals surface area contributed by atoms with Crippen LogP contribution in [0.1, 0.15) is 6.92 Å². The summed E-state index contributed by atoms with van der Waals surface area (Å²) in [6.07, 6.45) is 3.65. The number of hydrazone groups is 1. The van der Waals surface area contributed by atoms with E-state index in [2.05, 4.69) is 15.1 Å². The number of aromatic nitrogens is 1. The van der Waals surface area contributed by atoms with E-state index in [1.807, 2.05) is 78.8 Å². The molecular weight excluding hydrogens is 328 g/mol. The maximum atomic E-state index is 5.64. The Kier molecular flexibility index (Phi) is 4.07. The highest BCUT2D eigenvalue weighted by molar-refractivity contribution is 7.80. The maximum Gasteiger partial charge on any atom is 0.119 e. The molecule has 4 rings (SSSR count). The maximum absolute atomic E-state index is 5.64. The Morgan fingerprint density at radius 3 is 2.68 bits per heavy atom. The van der Waals surface area contributed by atoms with Gasteiger partial charge in [0.1, 0.15) is 4.99 Å². The minimum absolute atomic E-state index is 0.0887. The molecule has 2 heterocycles. The Morgan fingerprint density at radius 1 is 1.04 bits per heavy atom. The highest BCUT2D eigenvalue weighted by Crippen LogP contribution is 2.26. The molecule has 1 unspecified atom stereocenters. The number of pyridine rings is 1. The molecule has 25 heavy (non-hydrogen) atoms. The van der Waals surface area contributed by atoms with Gasteiger partial charge in [-0.3, -0.25) is 9.98 Å². The van der Waals surface area contributed by atoms with Crippen molar-refractivity contribution in [2.75, 3.05) is 5.01 Å². The van der Waals surface area contributed by atoms with Crippen LogP contribution in [0.3, 0.4) is 0 Å². The van der Waals surface area contributed by atoms with Crippen LogP contribution in [0.2, 0.25) is 0 Å². The lowest BCUT2D eigenvalue weighted by Crippen LogP contribution is -2.25. The zero-order valence-electron chi connectivity index (χ0n) is 13.7. The number of anilines is 1. The Hall–Kier alpha value is -2.92. The van der Waals surface area contributed by atoms with E-state index in [1.54, 1.807) is 6.20 Å². The predicted octanol–water partition coefficient (Wildman–Crippen LogP) is 4.78. The molecule has 2 aromatic carbocycles. The van der Waals surface area contributed by atoms with Gasteiger partial charge in [-0.15, -0.1) is 0 Å². The molecule has 0 saturated heterocycles. The summed E-state index contributed by atoms with van der Waals surface area (Å²) in [6, 6.07) is 19.9. The van der Waals surface area contributed by atoms with Crippen LogP contribution in [0.4, 0.5) is 11.4 Å². The van der Waals surface area contributed by atoms with Crippen molar-refractivity contribution >= 4 is 51.4 Å². The molecule has 0 aliphatic carbocycles. The number of para-hydroxylation sites is 2. The largest absolute Gasteiger partial charge is 0.258 e. The van der Waals surface area contributed by atoms with Crippen LogP contribution in [0, 0.1) is 5.92 Å². The zero-order valence-corrected chi connectivity index (χ0v) is 14.5. The van der Waals surface area contributed by atoms with E-state index >= 15 is 0 Å². The van der Waals surface area contributed by atoms with Crippen LogP contribution in [-0.4, -0.2) is 21.9 Å². The van der Waals surface area contributed by atoms with E-state index < -0.39 is 0 Å². The third-order valence-corrected chi connectivity index (χ3v) is 4.58. The quantitative estimate of drug-likeness (QED) is 0.507. The number of benzene rings is 2. The Balaban J connectivity index is 1.64. The molecule has 0 N–H and O–H groups in total. The van der Waals surface area contributed by atoms with Crippen molar-refractivity contribution in [2.45, 2.75) is 6.92 Å². The van der Waals surface area contributed by atoms with Crippen LogP contribution >= 0.6 is 12.2 Å². The van der Waals surface area contributed by atoms with Gasteiger partial charge in [-0.1, -0.05) is 48.6 Å². The summed E-state index contributed by atoms with van der Waals surface area (Å²) in [5.74, 6) is -0.0887. The first-order valence-corrected chi connectivity index (χ1v) is 8.47. The molecule has 0 saturated carbocycles. The highest BCUT2D eigenvalue weighted by atomic mass is 32.1. The van der Waals surface area contributed by atoms with Crippen LogP contribution in [-0.2, 0) is 0 Å². The smallest absolute Gasteiger partial charge is 0.119 e. The van der Waals surface area contributed by atoms with Crippen molar-refractivity contribution in [1.82, 2.24) is 4.98 Å². The zero-order chi connectivity index (χ0) is 17.2. The van der Waals surface area contributed by atoms with Gasteiger partial charge in [0.05, 0.1) is 28.5 Å². The normalized spacial score (nSPS) is 17.5. The molecule has 1 aliphatic rings. The van der Waals surface area contributed by atoms with Crippen molar-refractivity contribution in [3.63, 3.8) is 0 Å². The van der Waals surface area contributed by atoms with Gasteiger partial charge in [-0.05, 0) is 31.2 Å². The van der Waals surface area contributed by atoms with Crippen LogP contribution in [0.5, 0.6) is 0 Å². The number of hydrogen-bond donors (Lipinski definition) is 0. The molecule has 1 atom stereocenters. The second-order valence-corrected chi connectivity index (χ2v) is 6.25. The van der Waals surface area contributed by atoms with E-state index in [-0.39, 0.29) is 5.92 Å². The van der Waals surface area contributed by atoms with Crippen molar-refractivity contribution in [3.8, 4) is 0 Å². The second kappa shape index (κ2) is 6.53. The molecule has 1 aliphatic heterocycles. The van der Waals surface area contributed by atoms with Gasteiger partial charge in [-0.2, -0.15) is 5.10 Å².